The molecular weight excluding hydrogens is 374 g/mol. The molecule has 0 radical (unpaired) electrons. The first-order valence-corrected chi connectivity index (χ1v) is 8.59. The summed E-state index contributed by atoms with van der Waals surface area (Å²) in [5.74, 6) is 0.740. The van der Waals surface area contributed by atoms with E-state index in [-0.39, 0.29) is 0 Å². The summed E-state index contributed by atoms with van der Waals surface area (Å²) in [4.78, 5) is 1.15. The van der Waals surface area contributed by atoms with Crippen molar-refractivity contribution in [3.05, 3.63) is 49.6 Å². The van der Waals surface area contributed by atoms with E-state index in [1.54, 1.807) is 18.4 Å². The van der Waals surface area contributed by atoms with Gasteiger partial charge in [-0.25, -0.2) is 0 Å². The quantitative estimate of drug-likeness (QED) is 0.674. The number of rotatable bonds is 8. The Morgan fingerprint density at radius 2 is 2.19 bits per heavy atom. The normalized spacial score (nSPS) is 10.8. The minimum absolute atomic E-state index is 0.507. The lowest BCUT2D eigenvalue weighted by atomic mass is 10.2. The van der Waals surface area contributed by atoms with Gasteiger partial charge in [0.1, 0.15) is 12.4 Å². The molecule has 1 N–H and O–H groups in total. The van der Waals surface area contributed by atoms with E-state index in [0.29, 0.717) is 24.8 Å². The monoisotopic (exact) mass is 389 g/mol. The number of halogens is 2. The second kappa shape index (κ2) is 8.76. The molecule has 0 saturated carbocycles. The molecule has 0 amide bonds. The fourth-order valence-electron chi connectivity index (χ4n) is 1.82. The van der Waals surface area contributed by atoms with E-state index in [4.69, 9.17) is 21.1 Å². The van der Waals surface area contributed by atoms with Crippen molar-refractivity contribution in [2.45, 2.75) is 13.2 Å². The summed E-state index contributed by atoms with van der Waals surface area (Å²) >= 11 is 11.4. The van der Waals surface area contributed by atoms with Gasteiger partial charge in [0, 0.05) is 30.2 Å². The van der Waals surface area contributed by atoms with Gasteiger partial charge in [0.2, 0.25) is 0 Å². The molecule has 0 aliphatic rings. The van der Waals surface area contributed by atoms with Gasteiger partial charge >= 0.3 is 0 Å². The smallest absolute Gasteiger partial charge is 0.142 e. The van der Waals surface area contributed by atoms with Gasteiger partial charge in [-0.3, -0.25) is 0 Å². The Bertz CT molecular complexity index is 577. The molecular formula is C15H17BrClNO2S. The molecule has 0 atom stereocenters. The lowest BCUT2D eigenvalue weighted by Gasteiger charge is -2.13. The Morgan fingerprint density at radius 3 is 2.90 bits per heavy atom. The molecule has 3 nitrogen and oxygen atoms in total. The fourth-order valence-corrected chi connectivity index (χ4v) is 3.44. The van der Waals surface area contributed by atoms with Crippen molar-refractivity contribution in [1.82, 2.24) is 5.32 Å². The van der Waals surface area contributed by atoms with Crippen molar-refractivity contribution >= 4 is 38.9 Å². The molecule has 1 aromatic heterocycles. The Hall–Kier alpha value is -0.590. The summed E-state index contributed by atoms with van der Waals surface area (Å²) in [7, 11) is 1.69. The summed E-state index contributed by atoms with van der Waals surface area (Å²) in [6, 6.07) is 7.82. The van der Waals surface area contributed by atoms with Gasteiger partial charge in [0.05, 0.1) is 16.5 Å². The van der Waals surface area contributed by atoms with Crippen LogP contribution in [-0.4, -0.2) is 20.3 Å². The van der Waals surface area contributed by atoms with Gasteiger partial charge in [-0.05, 0) is 33.4 Å². The molecule has 0 unspecified atom stereocenters. The van der Waals surface area contributed by atoms with Gasteiger partial charge < -0.3 is 14.8 Å². The van der Waals surface area contributed by atoms with Crippen LogP contribution in [0.2, 0.25) is 5.02 Å². The minimum atomic E-state index is 0.507. The van der Waals surface area contributed by atoms with E-state index in [1.165, 1.54) is 0 Å². The molecule has 2 aromatic rings. The van der Waals surface area contributed by atoms with Crippen molar-refractivity contribution in [2.24, 2.45) is 0 Å². The van der Waals surface area contributed by atoms with Crippen LogP contribution in [0.15, 0.2) is 34.1 Å². The summed E-state index contributed by atoms with van der Waals surface area (Å²) in [5, 5.41) is 5.97. The first-order valence-electron chi connectivity index (χ1n) is 6.54. The highest BCUT2D eigenvalue weighted by Crippen LogP contribution is 2.31. The van der Waals surface area contributed by atoms with Crippen molar-refractivity contribution in [3.63, 3.8) is 0 Å². The summed E-state index contributed by atoms with van der Waals surface area (Å²) in [5.41, 5.74) is 1.05. The maximum absolute atomic E-state index is 6.26. The summed E-state index contributed by atoms with van der Waals surface area (Å²) in [6.07, 6.45) is 0. The number of para-hydroxylation sites is 1. The number of hydrogen-bond donors (Lipinski definition) is 1. The number of nitrogens with one attached hydrogen (secondary N) is 1. The van der Waals surface area contributed by atoms with Gasteiger partial charge in [-0.15, -0.1) is 11.3 Å². The van der Waals surface area contributed by atoms with Crippen molar-refractivity contribution in [1.29, 1.82) is 0 Å². The first-order chi connectivity index (χ1) is 10.2. The second-order valence-electron chi connectivity index (χ2n) is 4.38. The molecule has 21 heavy (non-hydrogen) atoms. The SMILES string of the molecule is COCCNCc1cccc(Cl)c1OCc1sccc1Br. The molecule has 2 rings (SSSR count). The maximum atomic E-state index is 6.26. The van der Waals surface area contributed by atoms with Crippen molar-refractivity contribution < 1.29 is 9.47 Å². The van der Waals surface area contributed by atoms with Crippen molar-refractivity contribution in [2.75, 3.05) is 20.3 Å². The van der Waals surface area contributed by atoms with E-state index < -0.39 is 0 Å². The highest BCUT2D eigenvalue weighted by atomic mass is 79.9. The molecule has 0 bridgehead atoms. The van der Waals surface area contributed by atoms with Crippen molar-refractivity contribution in [3.8, 4) is 5.75 Å². The Balaban J connectivity index is 2.01. The number of benzene rings is 1. The molecule has 6 heteroatoms. The van der Waals surface area contributed by atoms with E-state index in [9.17, 15) is 0 Å². The van der Waals surface area contributed by atoms with E-state index in [0.717, 1.165) is 27.2 Å². The topological polar surface area (TPSA) is 30.5 Å². The fraction of sp³-hybridized carbons (Fsp3) is 0.333. The number of hydrogen-bond acceptors (Lipinski definition) is 4. The average Bonchev–Trinajstić information content (AvgIpc) is 2.88. The Kier molecular flexibility index (Phi) is 6.99. The molecule has 0 fully saturated rings. The zero-order valence-electron chi connectivity index (χ0n) is 11.7. The molecule has 0 saturated heterocycles. The van der Waals surface area contributed by atoms with Gasteiger partial charge in [0.25, 0.3) is 0 Å². The molecule has 114 valence electrons. The summed E-state index contributed by atoms with van der Waals surface area (Å²) < 4.78 is 12.0. The van der Waals surface area contributed by atoms with Crippen LogP contribution in [0, 0.1) is 0 Å². The first kappa shape index (κ1) is 16.8. The largest absolute Gasteiger partial charge is 0.486 e. The number of thiophene rings is 1. The maximum Gasteiger partial charge on any atom is 0.142 e. The number of methoxy groups -OCH3 is 1. The van der Waals surface area contributed by atoms with Crippen LogP contribution in [0.25, 0.3) is 0 Å². The lowest BCUT2D eigenvalue weighted by Crippen LogP contribution is -2.19. The average molecular weight is 391 g/mol. The van der Waals surface area contributed by atoms with E-state index >= 15 is 0 Å². The third-order valence-corrected chi connectivity index (χ3v) is 5.08. The zero-order valence-corrected chi connectivity index (χ0v) is 14.9. The molecule has 1 aromatic carbocycles. The zero-order chi connectivity index (χ0) is 15.1. The molecule has 0 aliphatic carbocycles. The molecule has 0 spiro atoms. The number of ether oxygens (including phenoxy) is 2. The van der Waals surface area contributed by atoms with Gasteiger partial charge in [0.15, 0.2) is 0 Å². The van der Waals surface area contributed by atoms with Crippen LogP contribution >= 0.6 is 38.9 Å². The summed E-state index contributed by atoms with van der Waals surface area (Å²) in [6.45, 7) is 2.68. The highest BCUT2D eigenvalue weighted by molar-refractivity contribution is 9.10. The molecule has 1 heterocycles. The van der Waals surface area contributed by atoms with Crippen LogP contribution < -0.4 is 10.1 Å². The minimum Gasteiger partial charge on any atom is -0.486 e. The van der Waals surface area contributed by atoms with Crippen LogP contribution in [0.3, 0.4) is 0 Å². The van der Waals surface area contributed by atoms with Crippen LogP contribution in [0.4, 0.5) is 0 Å². The predicted octanol–water partition coefficient (Wildman–Crippen LogP) is 4.48. The standard InChI is InChI=1S/C15H17BrClNO2S/c1-19-7-6-18-9-11-3-2-4-13(17)15(11)20-10-14-12(16)5-8-21-14/h2-5,8,18H,6-7,9-10H2,1H3. The van der Waals surface area contributed by atoms with Crippen LogP contribution in [0.1, 0.15) is 10.4 Å². The predicted molar refractivity (Wildman–Crippen MR) is 91.4 cm³/mol. The Labute approximate surface area is 142 Å². The van der Waals surface area contributed by atoms with Gasteiger partial charge in [-0.2, -0.15) is 0 Å². The highest BCUT2D eigenvalue weighted by Gasteiger charge is 2.10. The third kappa shape index (κ3) is 4.97. The van der Waals surface area contributed by atoms with Crippen LogP contribution in [-0.2, 0) is 17.9 Å². The molecule has 0 aliphatic heterocycles. The van der Waals surface area contributed by atoms with Crippen LogP contribution in [0.5, 0.6) is 5.75 Å². The Morgan fingerprint density at radius 1 is 1.33 bits per heavy atom. The lowest BCUT2D eigenvalue weighted by molar-refractivity contribution is 0.199. The van der Waals surface area contributed by atoms with E-state index in [2.05, 4.69) is 21.2 Å². The third-order valence-electron chi connectivity index (χ3n) is 2.89. The van der Waals surface area contributed by atoms with Gasteiger partial charge in [-0.1, -0.05) is 23.7 Å². The second-order valence-corrected chi connectivity index (χ2v) is 6.64. The van der Waals surface area contributed by atoms with E-state index in [1.807, 2.05) is 29.6 Å².